The standard InChI is InChI=1S/C11H21NO5/c1-8(16-6-5-12-7-13)9(14)10(15)17-11(2,3)4/h7-9,14H,5-6H2,1-4H3,(H,12,13)/t8-,9+/m0/s1. The van der Waals surface area contributed by atoms with Crippen LogP contribution in [0.5, 0.6) is 0 Å². The maximum absolute atomic E-state index is 11.5. The average Bonchev–Trinajstić information content (AvgIpc) is 2.20. The van der Waals surface area contributed by atoms with Gasteiger partial charge in [0.1, 0.15) is 5.60 Å². The van der Waals surface area contributed by atoms with Crippen molar-refractivity contribution < 1.29 is 24.2 Å². The van der Waals surface area contributed by atoms with Crippen LogP contribution in [-0.2, 0) is 19.1 Å². The molecule has 0 radical (unpaired) electrons. The Kier molecular flexibility index (Phi) is 6.75. The quantitative estimate of drug-likeness (QED) is 0.371. The predicted molar refractivity (Wildman–Crippen MR) is 61.3 cm³/mol. The maximum atomic E-state index is 11.5. The van der Waals surface area contributed by atoms with E-state index in [2.05, 4.69) is 5.32 Å². The lowest BCUT2D eigenvalue weighted by molar-refractivity contribution is -0.172. The highest BCUT2D eigenvalue weighted by Gasteiger charge is 2.28. The molecule has 0 aliphatic rings. The van der Waals surface area contributed by atoms with E-state index >= 15 is 0 Å². The van der Waals surface area contributed by atoms with E-state index < -0.39 is 23.8 Å². The first-order chi connectivity index (χ1) is 7.78. The van der Waals surface area contributed by atoms with Gasteiger partial charge in [0.2, 0.25) is 6.41 Å². The molecule has 2 N–H and O–H groups in total. The molecule has 6 heteroatoms. The van der Waals surface area contributed by atoms with Gasteiger partial charge in [0.15, 0.2) is 6.10 Å². The monoisotopic (exact) mass is 247 g/mol. The summed E-state index contributed by atoms with van der Waals surface area (Å²) in [5, 5.41) is 12.0. The van der Waals surface area contributed by atoms with Gasteiger partial charge in [0.25, 0.3) is 0 Å². The molecule has 0 heterocycles. The molecular weight excluding hydrogens is 226 g/mol. The number of nitrogens with one attached hydrogen (secondary N) is 1. The molecule has 0 saturated heterocycles. The van der Waals surface area contributed by atoms with Crippen molar-refractivity contribution in [2.24, 2.45) is 0 Å². The smallest absolute Gasteiger partial charge is 0.338 e. The predicted octanol–water partition coefficient (Wildman–Crippen LogP) is -0.160. The van der Waals surface area contributed by atoms with Gasteiger partial charge in [-0.3, -0.25) is 4.79 Å². The topological polar surface area (TPSA) is 84.9 Å². The first-order valence-electron chi connectivity index (χ1n) is 5.47. The van der Waals surface area contributed by atoms with Crippen molar-refractivity contribution in [3.63, 3.8) is 0 Å². The molecule has 1 amide bonds. The average molecular weight is 247 g/mol. The first kappa shape index (κ1) is 15.9. The van der Waals surface area contributed by atoms with Crippen LogP contribution in [0.15, 0.2) is 0 Å². The van der Waals surface area contributed by atoms with E-state index in [1.54, 1.807) is 27.7 Å². The molecule has 0 bridgehead atoms. The Bertz CT molecular complexity index is 249. The van der Waals surface area contributed by atoms with Crippen LogP contribution < -0.4 is 5.32 Å². The summed E-state index contributed by atoms with van der Waals surface area (Å²) in [6.45, 7) is 7.27. The maximum Gasteiger partial charge on any atom is 0.338 e. The van der Waals surface area contributed by atoms with Crippen molar-refractivity contribution in [1.82, 2.24) is 5.32 Å². The molecule has 0 rings (SSSR count). The van der Waals surface area contributed by atoms with Gasteiger partial charge in [0.05, 0.1) is 12.7 Å². The molecule has 2 atom stereocenters. The second-order valence-electron chi connectivity index (χ2n) is 4.63. The van der Waals surface area contributed by atoms with E-state index in [4.69, 9.17) is 9.47 Å². The molecule has 0 aromatic carbocycles. The Labute approximate surface area is 101 Å². The lowest BCUT2D eigenvalue weighted by atomic mass is 10.1. The fourth-order valence-corrected chi connectivity index (χ4v) is 1.01. The normalized spacial score (nSPS) is 14.9. The van der Waals surface area contributed by atoms with Crippen molar-refractivity contribution in [3.05, 3.63) is 0 Å². The third-order valence-electron chi connectivity index (χ3n) is 1.80. The fraction of sp³-hybridized carbons (Fsp3) is 0.818. The zero-order chi connectivity index (χ0) is 13.5. The summed E-state index contributed by atoms with van der Waals surface area (Å²) >= 11 is 0. The Balaban J connectivity index is 3.98. The molecule has 17 heavy (non-hydrogen) atoms. The highest BCUT2D eigenvalue weighted by molar-refractivity contribution is 5.75. The van der Waals surface area contributed by atoms with Crippen molar-refractivity contribution in [2.45, 2.75) is 45.5 Å². The number of ether oxygens (including phenoxy) is 2. The summed E-state index contributed by atoms with van der Waals surface area (Å²) < 4.78 is 10.2. The summed E-state index contributed by atoms with van der Waals surface area (Å²) in [6.07, 6.45) is -1.46. The molecular formula is C11H21NO5. The largest absolute Gasteiger partial charge is 0.458 e. The zero-order valence-corrected chi connectivity index (χ0v) is 10.7. The van der Waals surface area contributed by atoms with Crippen LogP contribution in [0, 0.1) is 0 Å². The number of carbonyl (C=O) groups excluding carboxylic acids is 2. The minimum absolute atomic E-state index is 0.222. The van der Waals surface area contributed by atoms with E-state index in [-0.39, 0.29) is 6.61 Å². The van der Waals surface area contributed by atoms with E-state index in [1.807, 2.05) is 0 Å². The van der Waals surface area contributed by atoms with Crippen LogP contribution in [0.3, 0.4) is 0 Å². The van der Waals surface area contributed by atoms with Gasteiger partial charge >= 0.3 is 5.97 Å². The Morgan fingerprint density at radius 2 is 2.06 bits per heavy atom. The molecule has 0 aromatic heterocycles. The summed E-state index contributed by atoms with van der Waals surface area (Å²) in [5.41, 5.74) is -0.642. The van der Waals surface area contributed by atoms with Gasteiger partial charge in [-0.15, -0.1) is 0 Å². The summed E-state index contributed by atoms with van der Waals surface area (Å²) in [5.74, 6) is -0.714. The van der Waals surface area contributed by atoms with Gasteiger partial charge in [-0.25, -0.2) is 4.79 Å². The lowest BCUT2D eigenvalue weighted by Gasteiger charge is -2.24. The number of hydrogen-bond acceptors (Lipinski definition) is 5. The summed E-state index contributed by atoms with van der Waals surface area (Å²) in [6, 6.07) is 0. The molecule has 100 valence electrons. The minimum atomic E-state index is -1.33. The summed E-state index contributed by atoms with van der Waals surface area (Å²) in [7, 11) is 0. The van der Waals surface area contributed by atoms with Crippen LogP contribution in [-0.4, -0.2) is 48.4 Å². The number of aliphatic hydroxyl groups excluding tert-OH is 1. The van der Waals surface area contributed by atoms with Crippen LogP contribution >= 0.6 is 0 Å². The van der Waals surface area contributed by atoms with E-state index in [0.717, 1.165) is 0 Å². The molecule has 0 saturated carbocycles. The molecule has 0 aromatic rings. The highest BCUT2D eigenvalue weighted by atomic mass is 16.6. The molecule has 0 fully saturated rings. The molecule has 6 nitrogen and oxygen atoms in total. The number of aliphatic hydroxyl groups is 1. The van der Waals surface area contributed by atoms with Gasteiger partial charge < -0.3 is 19.9 Å². The number of amides is 1. The second kappa shape index (κ2) is 7.24. The van der Waals surface area contributed by atoms with E-state index in [0.29, 0.717) is 13.0 Å². The van der Waals surface area contributed by atoms with Crippen molar-refractivity contribution in [2.75, 3.05) is 13.2 Å². The van der Waals surface area contributed by atoms with Crippen molar-refractivity contribution >= 4 is 12.4 Å². The highest BCUT2D eigenvalue weighted by Crippen LogP contribution is 2.10. The van der Waals surface area contributed by atoms with Crippen LogP contribution in [0.2, 0.25) is 0 Å². The number of carbonyl (C=O) groups is 2. The van der Waals surface area contributed by atoms with Crippen molar-refractivity contribution in [1.29, 1.82) is 0 Å². The lowest BCUT2D eigenvalue weighted by Crippen LogP contribution is -2.39. The fourth-order valence-electron chi connectivity index (χ4n) is 1.01. The first-order valence-corrected chi connectivity index (χ1v) is 5.47. The molecule has 0 aliphatic carbocycles. The Hall–Kier alpha value is -1.14. The second-order valence-corrected chi connectivity index (χ2v) is 4.63. The van der Waals surface area contributed by atoms with Crippen LogP contribution in [0.1, 0.15) is 27.7 Å². The number of hydrogen-bond donors (Lipinski definition) is 2. The minimum Gasteiger partial charge on any atom is -0.458 e. The molecule has 0 aliphatic heterocycles. The third-order valence-corrected chi connectivity index (χ3v) is 1.80. The zero-order valence-electron chi connectivity index (χ0n) is 10.7. The van der Waals surface area contributed by atoms with Gasteiger partial charge in [-0.05, 0) is 27.7 Å². The molecule has 0 spiro atoms. The van der Waals surface area contributed by atoms with Gasteiger partial charge in [-0.2, -0.15) is 0 Å². The summed E-state index contributed by atoms with van der Waals surface area (Å²) in [4.78, 5) is 21.4. The third kappa shape index (κ3) is 7.70. The number of esters is 1. The van der Waals surface area contributed by atoms with Crippen LogP contribution in [0.25, 0.3) is 0 Å². The van der Waals surface area contributed by atoms with E-state index in [9.17, 15) is 14.7 Å². The Morgan fingerprint density at radius 3 is 2.53 bits per heavy atom. The Morgan fingerprint density at radius 1 is 1.47 bits per heavy atom. The SMILES string of the molecule is C[C@H](OCCNC=O)[C@@H](O)C(=O)OC(C)(C)C. The van der Waals surface area contributed by atoms with Gasteiger partial charge in [0, 0.05) is 6.54 Å². The molecule has 0 unspecified atom stereocenters. The van der Waals surface area contributed by atoms with Gasteiger partial charge in [-0.1, -0.05) is 0 Å². The van der Waals surface area contributed by atoms with Crippen molar-refractivity contribution in [3.8, 4) is 0 Å². The van der Waals surface area contributed by atoms with E-state index in [1.165, 1.54) is 0 Å². The number of rotatable bonds is 7. The van der Waals surface area contributed by atoms with Crippen LogP contribution in [0.4, 0.5) is 0 Å².